The number of hydrogen-bond donors (Lipinski definition) is 1. The van der Waals surface area contributed by atoms with Gasteiger partial charge in [0.25, 0.3) is 0 Å². The number of hydrogen-bond acceptors (Lipinski definition) is 2. The smallest absolute Gasteiger partial charge is 0.222 e. The van der Waals surface area contributed by atoms with Crippen LogP contribution in [0, 0.1) is 5.92 Å². The molecule has 2 N–H and O–H groups in total. The summed E-state index contributed by atoms with van der Waals surface area (Å²) in [5.74, 6) is 1.12. The van der Waals surface area contributed by atoms with E-state index in [1.165, 1.54) is 19.3 Å². The lowest BCUT2D eigenvalue weighted by molar-refractivity contribution is -0.132. The average Bonchev–Trinajstić information content (AvgIpc) is 2.53. The summed E-state index contributed by atoms with van der Waals surface area (Å²) in [6, 6.07) is 8.25. The van der Waals surface area contributed by atoms with Crippen molar-refractivity contribution in [3.05, 3.63) is 29.8 Å². The van der Waals surface area contributed by atoms with Gasteiger partial charge in [-0.25, -0.2) is 0 Å². The van der Waals surface area contributed by atoms with Gasteiger partial charge in [-0.1, -0.05) is 31.5 Å². The minimum absolute atomic E-state index is 0.248. The maximum absolute atomic E-state index is 12.4. The number of nitrogens with two attached hydrogens (primary N) is 1. The van der Waals surface area contributed by atoms with Gasteiger partial charge in [0.05, 0.1) is 0 Å². The normalized spacial score (nSPS) is 22.0. The molecule has 0 unspecified atom stereocenters. The SMILES string of the molecule is CCC1CCC(N(C)C(=O)CCc2ccccc2N)CC1. The lowest BCUT2D eigenvalue weighted by atomic mass is 9.84. The van der Waals surface area contributed by atoms with Crippen molar-refractivity contribution in [2.45, 2.75) is 57.9 Å². The van der Waals surface area contributed by atoms with Crippen molar-refractivity contribution in [2.75, 3.05) is 12.8 Å². The largest absolute Gasteiger partial charge is 0.399 e. The molecular formula is C18H28N2O. The minimum Gasteiger partial charge on any atom is -0.399 e. The molecule has 0 atom stereocenters. The highest BCUT2D eigenvalue weighted by Crippen LogP contribution is 2.29. The average molecular weight is 288 g/mol. The molecule has 0 saturated heterocycles. The highest BCUT2D eigenvalue weighted by Gasteiger charge is 2.25. The summed E-state index contributed by atoms with van der Waals surface area (Å²) in [5, 5.41) is 0. The van der Waals surface area contributed by atoms with Gasteiger partial charge >= 0.3 is 0 Å². The van der Waals surface area contributed by atoms with Crippen LogP contribution in [-0.4, -0.2) is 23.9 Å². The van der Waals surface area contributed by atoms with Gasteiger partial charge in [0.15, 0.2) is 0 Å². The van der Waals surface area contributed by atoms with E-state index >= 15 is 0 Å². The van der Waals surface area contributed by atoms with Crippen LogP contribution in [0.25, 0.3) is 0 Å². The summed E-state index contributed by atoms with van der Waals surface area (Å²) < 4.78 is 0. The van der Waals surface area contributed by atoms with Crippen LogP contribution in [0.1, 0.15) is 51.0 Å². The molecule has 1 saturated carbocycles. The Morgan fingerprint density at radius 2 is 1.90 bits per heavy atom. The van der Waals surface area contributed by atoms with Crippen molar-refractivity contribution < 1.29 is 4.79 Å². The summed E-state index contributed by atoms with van der Waals surface area (Å²) in [4.78, 5) is 14.3. The Labute approximate surface area is 128 Å². The van der Waals surface area contributed by atoms with Gasteiger partial charge in [-0.3, -0.25) is 4.79 Å². The first-order valence-corrected chi connectivity index (χ1v) is 8.20. The van der Waals surface area contributed by atoms with Crippen LogP contribution in [0.4, 0.5) is 5.69 Å². The predicted molar refractivity (Wildman–Crippen MR) is 88.0 cm³/mol. The van der Waals surface area contributed by atoms with Gasteiger partial charge in [-0.15, -0.1) is 0 Å². The first-order chi connectivity index (χ1) is 10.1. The van der Waals surface area contributed by atoms with Crippen LogP contribution in [-0.2, 0) is 11.2 Å². The highest BCUT2D eigenvalue weighted by molar-refractivity contribution is 5.76. The van der Waals surface area contributed by atoms with Gasteiger partial charge in [0.1, 0.15) is 0 Å². The maximum Gasteiger partial charge on any atom is 0.222 e. The second kappa shape index (κ2) is 7.48. The van der Waals surface area contributed by atoms with Crippen LogP contribution in [0.2, 0.25) is 0 Å². The third-order valence-electron chi connectivity index (χ3n) is 5.00. The van der Waals surface area contributed by atoms with E-state index in [-0.39, 0.29) is 5.91 Å². The molecule has 1 aromatic carbocycles. The summed E-state index contributed by atoms with van der Waals surface area (Å²) in [6.45, 7) is 2.27. The van der Waals surface area contributed by atoms with Crippen molar-refractivity contribution in [3.8, 4) is 0 Å². The maximum atomic E-state index is 12.4. The van der Waals surface area contributed by atoms with E-state index < -0.39 is 0 Å². The molecule has 1 fully saturated rings. The monoisotopic (exact) mass is 288 g/mol. The lowest BCUT2D eigenvalue weighted by Crippen LogP contribution is -2.39. The summed E-state index contributed by atoms with van der Waals surface area (Å²) >= 11 is 0. The molecule has 0 bridgehead atoms. The molecule has 116 valence electrons. The molecule has 1 aliphatic carbocycles. The van der Waals surface area contributed by atoms with Crippen molar-refractivity contribution in [3.63, 3.8) is 0 Å². The molecule has 0 radical (unpaired) electrons. The number of aryl methyl sites for hydroxylation is 1. The number of nitrogen functional groups attached to an aromatic ring is 1. The molecular weight excluding hydrogens is 260 g/mol. The number of benzene rings is 1. The molecule has 1 aliphatic rings. The Morgan fingerprint density at radius 3 is 2.52 bits per heavy atom. The number of rotatable bonds is 5. The van der Waals surface area contributed by atoms with Crippen LogP contribution in [0.5, 0.6) is 0 Å². The summed E-state index contributed by atoms with van der Waals surface area (Å²) in [6.07, 6.45) is 7.42. The Morgan fingerprint density at radius 1 is 1.24 bits per heavy atom. The van der Waals surface area contributed by atoms with Crippen molar-refractivity contribution in [1.29, 1.82) is 0 Å². The number of carbonyl (C=O) groups is 1. The third-order valence-corrected chi connectivity index (χ3v) is 5.00. The lowest BCUT2D eigenvalue weighted by Gasteiger charge is -2.34. The van der Waals surface area contributed by atoms with Crippen molar-refractivity contribution in [2.24, 2.45) is 5.92 Å². The minimum atomic E-state index is 0.248. The highest BCUT2D eigenvalue weighted by atomic mass is 16.2. The second-order valence-electron chi connectivity index (χ2n) is 6.29. The van der Waals surface area contributed by atoms with Crippen LogP contribution in [0.15, 0.2) is 24.3 Å². The van der Waals surface area contributed by atoms with E-state index in [2.05, 4.69) is 6.92 Å². The van der Waals surface area contributed by atoms with E-state index in [0.29, 0.717) is 12.5 Å². The van der Waals surface area contributed by atoms with Crippen LogP contribution >= 0.6 is 0 Å². The van der Waals surface area contributed by atoms with E-state index in [0.717, 1.165) is 36.4 Å². The number of carbonyl (C=O) groups excluding carboxylic acids is 1. The molecule has 1 amide bonds. The zero-order valence-electron chi connectivity index (χ0n) is 13.3. The fraction of sp³-hybridized carbons (Fsp3) is 0.611. The molecule has 0 heterocycles. The molecule has 0 aromatic heterocycles. The number of nitrogens with zero attached hydrogens (tertiary/aromatic N) is 1. The van der Waals surface area contributed by atoms with E-state index in [1.807, 2.05) is 36.2 Å². The fourth-order valence-corrected chi connectivity index (χ4v) is 3.32. The van der Waals surface area contributed by atoms with Gasteiger partial charge < -0.3 is 10.6 Å². The second-order valence-corrected chi connectivity index (χ2v) is 6.29. The zero-order chi connectivity index (χ0) is 15.2. The third kappa shape index (κ3) is 4.23. The van der Waals surface area contributed by atoms with E-state index in [9.17, 15) is 4.79 Å². The number of anilines is 1. The van der Waals surface area contributed by atoms with Crippen LogP contribution in [0.3, 0.4) is 0 Å². The quantitative estimate of drug-likeness (QED) is 0.841. The first-order valence-electron chi connectivity index (χ1n) is 8.20. The van der Waals surface area contributed by atoms with Gasteiger partial charge in [-0.2, -0.15) is 0 Å². The van der Waals surface area contributed by atoms with Gasteiger partial charge in [0.2, 0.25) is 5.91 Å². The van der Waals surface area contributed by atoms with Crippen molar-refractivity contribution >= 4 is 11.6 Å². The standard InChI is InChI=1S/C18H28N2O/c1-3-14-8-11-16(12-9-14)20(2)18(21)13-10-15-6-4-5-7-17(15)19/h4-7,14,16H,3,8-13,19H2,1-2H3. The molecule has 21 heavy (non-hydrogen) atoms. The van der Waals surface area contributed by atoms with Crippen molar-refractivity contribution in [1.82, 2.24) is 4.90 Å². The fourth-order valence-electron chi connectivity index (χ4n) is 3.32. The predicted octanol–water partition coefficient (Wildman–Crippen LogP) is 3.63. The first kappa shape index (κ1) is 15.9. The Bertz CT molecular complexity index is 464. The van der Waals surface area contributed by atoms with E-state index in [4.69, 9.17) is 5.73 Å². The van der Waals surface area contributed by atoms with Gasteiger partial charge in [-0.05, 0) is 49.7 Å². The molecule has 3 heteroatoms. The number of amides is 1. The molecule has 2 rings (SSSR count). The topological polar surface area (TPSA) is 46.3 Å². The summed E-state index contributed by atoms with van der Waals surface area (Å²) in [5.41, 5.74) is 7.80. The van der Waals surface area contributed by atoms with Gasteiger partial charge in [0, 0.05) is 25.2 Å². The van der Waals surface area contributed by atoms with Crippen LogP contribution < -0.4 is 5.73 Å². The molecule has 0 aliphatic heterocycles. The Hall–Kier alpha value is -1.51. The molecule has 1 aromatic rings. The Balaban J connectivity index is 1.82. The zero-order valence-corrected chi connectivity index (χ0v) is 13.3. The molecule has 3 nitrogen and oxygen atoms in total. The molecule has 0 spiro atoms. The summed E-state index contributed by atoms with van der Waals surface area (Å²) in [7, 11) is 1.97. The Kier molecular flexibility index (Phi) is 5.66. The van der Waals surface area contributed by atoms with E-state index in [1.54, 1.807) is 0 Å². The number of para-hydroxylation sites is 1.